The Balaban J connectivity index is 0.00000220. The average molecular weight is 403 g/mol. The predicted octanol–water partition coefficient (Wildman–Crippen LogP) is 3.25. The number of benzene rings is 1. The van der Waals surface area contributed by atoms with Crippen molar-refractivity contribution >= 4 is 29.9 Å². The molecule has 118 valence electrons. The topological polar surface area (TPSA) is 50.9 Å². The van der Waals surface area contributed by atoms with Gasteiger partial charge in [-0.15, -0.1) is 24.0 Å². The van der Waals surface area contributed by atoms with Gasteiger partial charge in [-0.2, -0.15) is 0 Å². The highest BCUT2D eigenvalue weighted by atomic mass is 127. The third-order valence-corrected chi connectivity index (χ3v) is 3.61. The number of nitrogens with zero attached hydrogens (tertiary/aromatic N) is 2. The summed E-state index contributed by atoms with van der Waals surface area (Å²) in [6.07, 6.45) is 2.50. The van der Waals surface area contributed by atoms with Gasteiger partial charge in [-0.05, 0) is 43.4 Å². The van der Waals surface area contributed by atoms with Gasteiger partial charge in [0, 0.05) is 13.1 Å². The molecular weight excluding hydrogens is 377 g/mol. The molecule has 4 nitrogen and oxygen atoms in total. The highest BCUT2D eigenvalue weighted by Crippen LogP contribution is 2.16. The fourth-order valence-electron chi connectivity index (χ4n) is 2.57. The summed E-state index contributed by atoms with van der Waals surface area (Å²) < 4.78 is 5.49. The highest BCUT2D eigenvalue weighted by molar-refractivity contribution is 14.0. The molecule has 0 saturated carbocycles. The van der Waals surface area contributed by atoms with E-state index in [2.05, 4.69) is 22.9 Å². The quantitative estimate of drug-likeness (QED) is 0.477. The Hall–Kier alpha value is -0.980. The molecule has 1 saturated heterocycles. The Morgan fingerprint density at radius 2 is 2.29 bits per heavy atom. The van der Waals surface area contributed by atoms with Crippen LogP contribution >= 0.6 is 24.0 Å². The molecule has 1 aliphatic rings. The van der Waals surface area contributed by atoms with Gasteiger partial charge in [0.2, 0.25) is 0 Å². The van der Waals surface area contributed by atoms with Gasteiger partial charge in [-0.3, -0.25) is 0 Å². The van der Waals surface area contributed by atoms with Gasteiger partial charge in [-0.1, -0.05) is 19.1 Å². The molecule has 21 heavy (non-hydrogen) atoms. The van der Waals surface area contributed by atoms with Gasteiger partial charge in [-0.25, -0.2) is 4.99 Å². The lowest BCUT2D eigenvalue weighted by molar-refractivity contribution is 0.270. The van der Waals surface area contributed by atoms with Crippen LogP contribution in [0, 0.1) is 5.92 Å². The van der Waals surface area contributed by atoms with Gasteiger partial charge in [0.15, 0.2) is 5.96 Å². The van der Waals surface area contributed by atoms with Crippen molar-refractivity contribution in [1.82, 2.24) is 4.90 Å². The average Bonchev–Trinajstić information content (AvgIpc) is 2.45. The SMILES string of the molecule is CCOc1cccc(CN=C(N)N2CCCC(C)C2)c1.I. The first kappa shape index (κ1) is 18.1. The smallest absolute Gasteiger partial charge is 0.191 e. The van der Waals surface area contributed by atoms with Crippen LogP contribution in [0.15, 0.2) is 29.3 Å². The van der Waals surface area contributed by atoms with E-state index < -0.39 is 0 Å². The Morgan fingerprint density at radius 3 is 3.00 bits per heavy atom. The van der Waals surface area contributed by atoms with Gasteiger partial charge in [0.1, 0.15) is 5.75 Å². The van der Waals surface area contributed by atoms with E-state index in [0.717, 1.165) is 24.4 Å². The van der Waals surface area contributed by atoms with E-state index in [0.29, 0.717) is 25.0 Å². The van der Waals surface area contributed by atoms with Crippen molar-refractivity contribution in [3.63, 3.8) is 0 Å². The molecule has 0 radical (unpaired) electrons. The molecule has 2 N–H and O–H groups in total. The molecule has 1 aliphatic heterocycles. The molecule has 0 aliphatic carbocycles. The largest absolute Gasteiger partial charge is 0.494 e. The van der Waals surface area contributed by atoms with E-state index >= 15 is 0 Å². The highest BCUT2D eigenvalue weighted by Gasteiger charge is 2.17. The minimum atomic E-state index is 0. The number of piperidine rings is 1. The monoisotopic (exact) mass is 403 g/mol. The molecule has 0 amide bonds. The van der Waals surface area contributed by atoms with E-state index in [1.807, 2.05) is 25.1 Å². The zero-order valence-corrected chi connectivity index (χ0v) is 15.2. The van der Waals surface area contributed by atoms with E-state index in [1.54, 1.807) is 0 Å². The zero-order chi connectivity index (χ0) is 14.4. The summed E-state index contributed by atoms with van der Waals surface area (Å²) in [5.74, 6) is 2.27. The lowest BCUT2D eigenvalue weighted by Crippen LogP contribution is -2.43. The van der Waals surface area contributed by atoms with Gasteiger partial charge in [0.05, 0.1) is 13.2 Å². The number of hydrogen-bond donors (Lipinski definition) is 1. The number of likely N-dealkylation sites (tertiary alicyclic amines) is 1. The van der Waals surface area contributed by atoms with Gasteiger partial charge >= 0.3 is 0 Å². The molecule has 1 heterocycles. The van der Waals surface area contributed by atoms with Crippen LogP contribution in [-0.4, -0.2) is 30.6 Å². The van der Waals surface area contributed by atoms with Crippen molar-refractivity contribution < 1.29 is 4.74 Å². The first-order chi connectivity index (χ1) is 9.69. The van der Waals surface area contributed by atoms with E-state index in [9.17, 15) is 0 Å². The van der Waals surface area contributed by atoms with Crippen LogP contribution in [0.2, 0.25) is 0 Å². The number of ether oxygens (including phenoxy) is 1. The van der Waals surface area contributed by atoms with Crippen molar-refractivity contribution in [3.8, 4) is 5.75 Å². The number of guanidine groups is 1. The molecule has 1 aromatic carbocycles. The molecular formula is C16H26IN3O. The maximum absolute atomic E-state index is 6.10. The van der Waals surface area contributed by atoms with Crippen LogP contribution in [0.3, 0.4) is 0 Å². The second-order valence-corrected chi connectivity index (χ2v) is 5.45. The van der Waals surface area contributed by atoms with Crippen LogP contribution < -0.4 is 10.5 Å². The van der Waals surface area contributed by atoms with Crippen molar-refractivity contribution in [3.05, 3.63) is 29.8 Å². The van der Waals surface area contributed by atoms with Crippen molar-refractivity contribution in [2.24, 2.45) is 16.6 Å². The molecule has 0 spiro atoms. The number of rotatable bonds is 4. The van der Waals surface area contributed by atoms with Crippen molar-refractivity contribution in [2.45, 2.75) is 33.2 Å². The zero-order valence-electron chi connectivity index (χ0n) is 12.9. The van der Waals surface area contributed by atoms with E-state index in [4.69, 9.17) is 10.5 Å². The second kappa shape index (κ2) is 9.12. The Morgan fingerprint density at radius 1 is 1.48 bits per heavy atom. The first-order valence-corrected chi connectivity index (χ1v) is 7.45. The first-order valence-electron chi connectivity index (χ1n) is 7.45. The van der Waals surface area contributed by atoms with E-state index in [1.165, 1.54) is 12.8 Å². The molecule has 1 unspecified atom stereocenters. The van der Waals surface area contributed by atoms with Crippen molar-refractivity contribution in [2.75, 3.05) is 19.7 Å². The van der Waals surface area contributed by atoms with Gasteiger partial charge < -0.3 is 15.4 Å². The van der Waals surface area contributed by atoms with Crippen molar-refractivity contribution in [1.29, 1.82) is 0 Å². The molecule has 0 aromatic heterocycles. The number of hydrogen-bond acceptors (Lipinski definition) is 2. The fourth-order valence-corrected chi connectivity index (χ4v) is 2.57. The molecule has 2 rings (SSSR count). The second-order valence-electron chi connectivity index (χ2n) is 5.45. The minimum Gasteiger partial charge on any atom is -0.494 e. The molecule has 1 aromatic rings. The normalized spacial score (nSPS) is 19.0. The number of nitrogens with two attached hydrogens (primary N) is 1. The summed E-state index contributed by atoms with van der Waals surface area (Å²) in [6.45, 7) is 7.59. The van der Waals surface area contributed by atoms with Crippen LogP contribution in [0.1, 0.15) is 32.3 Å². The summed E-state index contributed by atoms with van der Waals surface area (Å²) in [5, 5.41) is 0. The lowest BCUT2D eigenvalue weighted by Gasteiger charge is -2.31. The van der Waals surface area contributed by atoms with Crippen LogP contribution in [0.4, 0.5) is 0 Å². The summed E-state index contributed by atoms with van der Waals surface area (Å²) in [7, 11) is 0. The Bertz CT molecular complexity index is 465. The third kappa shape index (κ3) is 5.73. The standard InChI is InChI=1S/C16H25N3O.HI/c1-3-20-15-8-4-7-14(10-15)11-18-16(17)19-9-5-6-13(2)12-19;/h4,7-8,10,13H,3,5-6,9,11-12H2,1-2H3,(H2,17,18);1H. The van der Waals surface area contributed by atoms with E-state index in [-0.39, 0.29) is 24.0 Å². The predicted molar refractivity (Wildman–Crippen MR) is 98.3 cm³/mol. The molecule has 1 atom stereocenters. The summed E-state index contributed by atoms with van der Waals surface area (Å²) in [5.41, 5.74) is 7.23. The van der Waals surface area contributed by atoms with Crippen LogP contribution in [0.5, 0.6) is 5.75 Å². The van der Waals surface area contributed by atoms with Crippen LogP contribution in [-0.2, 0) is 6.54 Å². The summed E-state index contributed by atoms with van der Waals surface area (Å²) in [4.78, 5) is 6.71. The number of aliphatic imine (C=N–C) groups is 1. The van der Waals surface area contributed by atoms with Crippen LogP contribution in [0.25, 0.3) is 0 Å². The molecule has 1 fully saturated rings. The number of halogens is 1. The maximum atomic E-state index is 6.10. The summed E-state index contributed by atoms with van der Waals surface area (Å²) in [6, 6.07) is 8.04. The molecule has 5 heteroatoms. The summed E-state index contributed by atoms with van der Waals surface area (Å²) >= 11 is 0. The van der Waals surface area contributed by atoms with Gasteiger partial charge in [0.25, 0.3) is 0 Å². The Kier molecular flexibility index (Phi) is 7.85. The third-order valence-electron chi connectivity index (χ3n) is 3.61. The Labute approximate surface area is 144 Å². The minimum absolute atomic E-state index is 0. The fraction of sp³-hybridized carbons (Fsp3) is 0.562. The maximum Gasteiger partial charge on any atom is 0.191 e. The lowest BCUT2D eigenvalue weighted by atomic mass is 10.0. The molecule has 0 bridgehead atoms.